The van der Waals surface area contributed by atoms with E-state index in [4.69, 9.17) is 9.15 Å². The number of ether oxygens (including phenoxy) is 1. The lowest BCUT2D eigenvalue weighted by molar-refractivity contribution is 0.0930. The Balaban J connectivity index is 1.81. The van der Waals surface area contributed by atoms with Crippen molar-refractivity contribution >= 4 is 11.7 Å². The van der Waals surface area contributed by atoms with Crippen molar-refractivity contribution in [2.75, 3.05) is 11.9 Å². The number of rotatable bonds is 7. The van der Waals surface area contributed by atoms with Crippen molar-refractivity contribution in [1.82, 2.24) is 5.32 Å². The van der Waals surface area contributed by atoms with Gasteiger partial charge in [0.05, 0.1) is 12.9 Å². The number of hydrogen-bond donors (Lipinski definition) is 2. The van der Waals surface area contributed by atoms with Crippen LogP contribution in [0.5, 0.6) is 0 Å². The van der Waals surface area contributed by atoms with Crippen molar-refractivity contribution in [2.24, 2.45) is 0 Å². The van der Waals surface area contributed by atoms with Crippen molar-refractivity contribution in [3.63, 3.8) is 0 Å². The second-order valence-electron chi connectivity index (χ2n) is 4.65. The van der Waals surface area contributed by atoms with Crippen LogP contribution in [0.25, 0.3) is 0 Å². The fourth-order valence-corrected chi connectivity index (χ4v) is 1.82. The maximum atomic E-state index is 11.6. The minimum absolute atomic E-state index is 0.189. The Kier molecular flexibility index (Phi) is 5.84. The first-order valence-corrected chi connectivity index (χ1v) is 7.02. The number of furan rings is 1. The van der Waals surface area contributed by atoms with Gasteiger partial charge in [0.1, 0.15) is 12.4 Å². The van der Waals surface area contributed by atoms with Crippen LogP contribution in [0.2, 0.25) is 0 Å². The molecule has 0 fully saturated rings. The average Bonchev–Trinajstić information content (AvgIpc) is 2.99. The lowest BCUT2D eigenvalue weighted by Gasteiger charge is -2.08. The van der Waals surface area contributed by atoms with Crippen LogP contribution in [-0.4, -0.2) is 12.6 Å². The van der Waals surface area contributed by atoms with E-state index in [1.807, 2.05) is 43.3 Å². The van der Waals surface area contributed by atoms with Crippen LogP contribution in [0.3, 0.4) is 0 Å². The van der Waals surface area contributed by atoms with E-state index >= 15 is 0 Å². The largest absolute Gasteiger partial charge is 0.467 e. The molecular weight excluding hydrogens is 268 g/mol. The fraction of sp³-hybridized carbons (Fsp3) is 0.312. The number of carbonyl (C=O) groups is 1. The summed E-state index contributed by atoms with van der Waals surface area (Å²) in [7, 11) is 0. The van der Waals surface area contributed by atoms with Gasteiger partial charge in [0.2, 0.25) is 0 Å². The lowest BCUT2D eigenvalue weighted by Crippen LogP contribution is -2.29. The molecule has 5 heteroatoms. The molecule has 0 unspecified atom stereocenters. The van der Waals surface area contributed by atoms with Gasteiger partial charge in [0, 0.05) is 12.2 Å². The molecule has 0 atom stereocenters. The summed E-state index contributed by atoms with van der Waals surface area (Å²) in [6.45, 7) is 3.57. The minimum Gasteiger partial charge on any atom is -0.467 e. The molecule has 21 heavy (non-hydrogen) atoms. The summed E-state index contributed by atoms with van der Waals surface area (Å²) < 4.78 is 10.8. The standard InChI is InChI=1S/C16H20N2O3/c1-2-8-17-16(19)18-14-6-3-5-13(10-14)11-20-12-15-7-4-9-21-15/h3-7,9-10H,2,8,11-12H2,1H3,(H2,17,18,19). The van der Waals surface area contributed by atoms with Gasteiger partial charge in [-0.05, 0) is 36.2 Å². The summed E-state index contributed by atoms with van der Waals surface area (Å²) in [5.41, 5.74) is 1.75. The summed E-state index contributed by atoms with van der Waals surface area (Å²) >= 11 is 0. The topological polar surface area (TPSA) is 63.5 Å². The smallest absolute Gasteiger partial charge is 0.319 e. The molecule has 1 aromatic heterocycles. The van der Waals surface area contributed by atoms with E-state index in [0.29, 0.717) is 19.8 Å². The summed E-state index contributed by atoms with van der Waals surface area (Å²) in [6.07, 6.45) is 2.53. The molecule has 1 aromatic carbocycles. The molecule has 0 aliphatic heterocycles. The molecular formula is C16H20N2O3. The number of amides is 2. The van der Waals surface area contributed by atoms with E-state index < -0.39 is 0 Å². The number of carbonyl (C=O) groups excluding carboxylic acids is 1. The third kappa shape index (κ3) is 5.31. The van der Waals surface area contributed by atoms with E-state index in [2.05, 4.69) is 10.6 Å². The molecule has 0 aliphatic rings. The van der Waals surface area contributed by atoms with Crippen molar-refractivity contribution in [1.29, 1.82) is 0 Å². The highest BCUT2D eigenvalue weighted by Gasteiger charge is 2.02. The van der Waals surface area contributed by atoms with E-state index in [0.717, 1.165) is 23.4 Å². The quantitative estimate of drug-likeness (QED) is 0.819. The third-order valence-electron chi connectivity index (χ3n) is 2.81. The first-order chi connectivity index (χ1) is 10.3. The third-order valence-corrected chi connectivity index (χ3v) is 2.81. The second kappa shape index (κ2) is 8.11. The Labute approximate surface area is 124 Å². The zero-order valence-electron chi connectivity index (χ0n) is 12.1. The van der Waals surface area contributed by atoms with E-state index in [9.17, 15) is 4.79 Å². The highest BCUT2D eigenvalue weighted by Crippen LogP contribution is 2.12. The molecule has 0 saturated heterocycles. The van der Waals surface area contributed by atoms with E-state index in [-0.39, 0.29) is 6.03 Å². The molecule has 0 spiro atoms. The average molecular weight is 288 g/mol. The monoisotopic (exact) mass is 288 g/mol. The summed E-state index contributed by atoms with van der Waals surface area (Å²) in [5, 5.41) is 5.57. The van der Waals surface area contributed by atoms with Gasteiger partial charge < -0.3 is 19.8 Å². The van der Waals surface area contributed by atoms with Crippen LogP contribution in [0, 0.1) is 0 Å². The molecule has 0 bridgehead atoms. The Bertz CT molecular complexity index is 552. The van der Waals surface area contributed by atoms with Crippen molar-refractivity contribution < 1.29 is 13.9 Å². The zero-order chi connectivity index (χ0) is 14.9. The van der Waals surface area contributed by atoms with Gasteiger partial charge >= 0.3 is 6.03 Å². The summed E-state index contributed by atoms with van der Waals surface area (Å²) in [5.74, 6) is 0.795. The molecule has 1 heterocycles. The van der Waals surface area contributed by atoms with Gasteiger partial charge in [-0.3, -0.25) is 0 Å². The molecule has 2 rings (SSSR count). The van der Waals surface area contributed by atoms with Crippen molar-refractivity contribution in [2.45, 2.75) is 26.6 Å². The van der Waals surface area contributed by atoms with Crippen LogP contribution in [0.1, 0.15) is 24.7 Å². The molecule has 0 radical (unpaired) electrons. The normalized spacial score (nSPS) is 10.3. The SMILES string of the molecule is CCCNC(=O)Nc1cccc(COCc2ccco2)c1. The number of urea groups is 1. The predicted octanol–water partition coefficient (Wildman–Crippen LogP) is 3.53. The zero-order valence-corrected chi connectivity index (χ0v) is 12.1. The summed E-state index contributed by atoms with van der Waals surface area (Å²) in [4.78, 5) is 11.6. The van der Waals surface area contributed by atoms with Gasteiger partial charge in [0.15, 0.2) is 0 Å². The van der Waals surface area contributed by atoms with Crippen LogP contribution in [-0.2, 0) is 18.0 Å². The number of benzene rings is 1. The molecule has 0 saturated carbocycles. The maximum absolute atomic E-state index is 11.6. The Morgan fingerprint density at radius 2 is 2.14 bits per heavy atom. The van der Waals surface area contributed by atoms with Crippen LogP contribution in [0.4, 0.5) is 10.5 Å². The Morgan fingerprint density at radius 3 is 2.90 bits per heavy atom. The van der Waals surface area contributed by atoms with Crippen LogP contribution in [0.15, 0.2) is 47.1 Å². The van der Waals surface area contributed by atoms with Crippen molar-refractivity contribution in [3.8, 4) is 0 Å². The van der Waals surface area contributed by atoms with Gasteiger partial charge in [0.25, 0.3) is 0 Å². The van der Waals surface area contributed by atoms with Gasteiger partial charge in [-0.1, -0.05) is 19.1 Å². The van der Waals surface area contributed by atoms with Gasteiger partial charge in [-0.15, -0.1) is 0 Å². The minimum atomic E-state index is -0.189. The molecule has 2 amide bonds. The molecule has 0 aliphatic carbocycles. The first-order valence-electron chi connectivity index (χ1n) is 7.02. The number of hydrogen-bond acceptors (Lipinski definition) is 3. The predicted molar refractivity (Wildman–Crippen MR) is 81.0 cm³/mol. The molecule has 2 N–H and O–H groups in total. The Hall–Kier alpha value is -2.27. The van der Waals surface area contributed by atoms with Gasteiger partial charge in [-0.25, -0.2) is 4.79 Å². The van der Waals surface area contributed by atoms with Crippen LogP contribution >= 0.6 is 0 Å². The van der Waals surface area contributed by atoms with E-state index in [1.165, 1.54) is 0 Å². The molecule has 5 nitrogen and oxygen atoms in total. The van der Waals surface area contributed by atoms with Gasteiger partial charge in [-0.2, -0.15) is 0 Å². The molecule has 2 aromatic rings. The first kappa shape index (κ1) is 15.1. The number of nitrogens with one attached hydrogen (secondary N) is 2. The fourth-order valence-electron chi connectivity index (χ4n) is 1.82. The highest BCUT2D eigenvalue weighted by molar-refractivity contribution is 5.89. The second-order valence-corrected chi connectivity index (χ2v) is 4.65. The van der Waals surface area contributed by atoms with Crippen LogP contribution < -0.4 is 10.6 Å². The van der Waals surface area contributed by atoms with Crippen molar-refractivity contribution in [3.05, 3.63) is 54.0 Å². The lowest BCUT2D eigenvalue weighted by atomic mass is 10.2. The Morgan fingerprint density at radius 1 is 1.24 bits per heavy atom. The number of anilines is 1. The van der Waals surface area contributed by atoms with E-state index in [1.54, 1.807) is 6.26 Å². The highest BCUT2D eigenvalue weighted by atomic mass is 16.5. The molecule has 112 valence electrons. The summed E-state index contributed by atoms with van der Waals surface area (Å²) in [6, 6.07) is 11.1. The maximum Gasteiger partial charge on any atom is 0.319 e.